The molecule has 2 fully saturated rings. The first-order valence-electron chi connectivity index (χ1n) is 8.51. The van der Waals surface area contributed by atoms with E-state index in [2.05, 4.69) is 34.7 Å². The van der Waals surface area contributed by atoms with Gasteiger partial charge in [-0.3, -0.25) is 4.99 Å². The Hall–Kier alpha value is -0.530. The van der Waals surface area contributed by atoms with Gasteiger partial charge in [0.05, 0.1) is 13.2 Å². The highest BCUT2D eigenvalue weighted by Gasteiger charge is 2.44. The monoisotopic (exact) mass is 463 g/mol. The zero-order valence-corrected chi connectivity index (χ0v) is 17.2. The molecule has 0 bridgehead atoms. The molecule has 4 nitrogen and oxygen atoms in total. The maximum Gasteiger partial charge on any atom is 0.191 e. The average molecular weight is 464 g/mol. The van der Waals surface area contributed by atoms with Crippen molar-refractivity contribution in [3.63, 3.8) is 0 Å². The van der Waals surface area contributed by atoms with Crippen LogP contribution in [0.1, 0.15) is 38.2 Å². The molecule has 2 aliphatic carbocycles. The Kier molecular flexibility index (Phi) is 6.79. The Morgan fingerprint density at radius 1 is 1.25 bits per heavy atom. The van der Waals surface area contributed by atoms with Gasteiger partial charge in [0.15, 0.2) is 5.96 Å². The van der Waals surface area contributed by atoms with Crippen LogP contribution in [0.2, 0.25) is 5.02 Å². The maximum absolute atomic E-state index is 9.42. The molecule has 0 aliphatic heterocycles. The fourth-order valence-electron chi connectivity index (χ4n) is 2.92. The van der Waals surface area contributed by atoms with Gasteiger partial charge in [-0.2, -0.15) is 0 Å². The molecular formula is C18H27ClIN3O. The number of aliphatic imine (C=N–C) groups is 1. The van der Waals surface area contributed by atoms with E-state index in [-0.39, 0.29) is 41.4 Å². The van der Waals surface area contributed by atoms with Gasteiger partial charge in [-0.05, 0) is 50.3 Å². The molecule has 2 aliphatic rings. The average Bonchev–Trinajstić information content (AvgIpc) is 3.46. The van der Waals surface area contributed by atoms with Crippen molar-refractivity contribution in [3.05, 3.63) is 34.9 Å². The van der Waals surface area contributed by atoms with Gasteiger partial charge in [-0.15, -0.1) is 24.0 Å². The van der Waals surface area contributed by atoms with E-state index in [0.29, 0.717) is 6.54 Å². The zero-order valence-electron chi connectivity index (χ0n) is 14.1. The SMILES string of the molecule is CCNC(=NCC1(CO)CC1)NCC1(c2cccc(Cl)c2)CC1.I. The number of hydrogen-bond acceptors (Lipinski definition) is 2. The second kappa shape index (κ2) is 8.23. The summed E-state index contributed by atoms with van der Waals surface area (Å²) in [6, 6.07) is 8.18. The van der Waals surface area contributed by atoms with Gasteiger partial charge in [-0.1, -0.05) is 23.7 Å². The van der Waals surface area contributed by atoms with Crippen molar-refractivity contribution in [1.29, 1.82) is 0 Å². The van der Waals surface area contributed by atoms with Crippen LogP contribution in [0.5, 0.6) is 0 Å². The predicted molar refractivity (Wildman–Crippen MR) is 111 cm³/mol. The number of halogens is 2. The fraction of sp³-hybridized carbons (Fsp3) is 0.611. The summed E-state index contributed by atoms with van der Waals surface area (Å²) in [4.78, 5) is 4.67. The number of aliphatic hydroxyl groups excluding tert-OH is 1. The van der Waals surface area contributed by atoms with Crippen LogP contribution in [0, 0.1) is 5.41 Å². The molecule has 2 saturated carbocycles. The second-order valence-electron chi connectivity index (χ2n) is 7.00. The van der Waals surface area contributed by atoms with E-state index in [4.69, 9.17) is 11.6 Å². The van der Waals surface area contributed by atoms with Gasteiger partial charge in [0.25, 0.3) is 0 Å². The highest BCUT2D eigenvalue weighted by Crippen LogP contribution is 2.48. The Balaban J connectivity index is 0.00000208. The molecule has 1 aromatic rings. The summed E-state index contributed by atoms with van der Waals surface area (Å²) in [6.07, 6.45) is 4.53. The summed E-state index contributed by atoms with van der Waals surface area (Å²) in [6.45, 7) is 4.71. The van der Waals surface area contributed by atoms with Gasteiger partial charge in [0.1, 0.15) is 0 Å². The lowest BCUT2D eigenvalue weighted by Gasteiger charge is -2.20. The number of rotatable bonds is 7. The molecule has 3 rings (SSSR count). The van der Waals surface area contributed by atoms with Crippen LogP contribution in [0.3, 0.4) is 0 Å². The maximum atomic E-state index is 9.42. The smallest absolute Gasteiger partial charge is 0.191 e. The van der Waals surface area contributed by atoms with E-state index >= 15 is 0 Å². The number of hydrogen-bond donors (Lipinski definition) is 3. The first-order chi connectivity index (χ1) is 11.1. The molecule has 0 aromatic heterocycles. The summed E-state index contributed by atoms with van der Waals surface area (Å²) in [5.74, 6) is 0.848. The number of aliphatic hydroxyl groups is 1. The Bertz CT molecular complexity index is 585. The van der Waals surface area contributed by atoms with E-state index in [1.54, 1.807) is 0 Å². The number of nitrogens with zero attached hydrogens (tertiary/aromatic N) is 1. The minimum absolute atomic E-state index is 0. The number of nitrogens with one attached hydrogen (secondary N) is 2. The topological polar surface area (TPSA) is 56.7 Å². The fourth-order valence-corrected chi connectivity index (χ4v) is 3.11. The molecule has 0 unspecified atom stereocenters. The van der Waals surface area contributed by atoms with Crippen molar-refractivity contribution in [1.82, 2.24) is 10.6 Å². The summed E-state index contributed by atoms with van der Waals surface area (Å²) < 4.78 is 0. The molecule has 24 heavy (non-hydrogen) atoms. The molecule has 0 spiro atoms. The van der Waals surface area contributed by atoms with Crippen LogP contribution in [0.4, 0.5) is 0 Å². The summed E-state index contributed by atoms with van der Waals surface area (Å²) in [5, 5.41) is 17.0. The van der Waals surface area contributed by atoms with E-state index < -0.39 is 0 Å². The molecule has 3 N–H and O–H groups in total. The number of guanidine groups is 1. The molecule has 134 valence electrons. The third-order valence-electron chi connectivity index (χ3n) is 5.09. The Morgan fingerprint density at radius 2 is 2.00 bits per heavy atom. The van der Waals surface area contributed by atoms with E-state index in [1.807, 2.05) is 12.1 Å². The van der Waals surface area contributed by atoms with Gasteiger partial charge in [0.2, 0.25) is 0 Å². The lowest BCUT2D eigenvalue weighted by Crippen LogP contribution is -2.41. The van der Waals surface area contributed by atoms with Crippen LogP contribution in [-0.4, -0.2) is 37.3 Å². The molecule has 1 aromatic carbocycles. The van der Waals surface area contributed by atoms with Crippen molar-refractivity contribution in [3.8, 4) is 0 Å². The lowest BCUT2D eigenvalue weighted by molar-refractivity contribution is 0.217. The zero-order chi connectivity index (χ0) is 16.3. The Labute approximate surface area is 166 Å². The van der Waals surface area contributed by atoms with E-state index in [9.17, 15) is 5.11 Å². The lowest BCUT2D eigenvalue weighted by atomic mass is 9.96. The highest BCUT2D eigenvalue weighted by molar-refractivity contribution is 14.0. The molecular weight excluding hydrogens is 437 g/mol. The second-order valence-corrected chi connectivity index (χ2v) is 7.43. The van der Waals surface area contributed by atoms with Crippen molar-refractivity contribution >= 4 is 41.5 Å². The molecule has 6 heteroatoms. The van der Waals surface area contributed by atoms with Crippen LogP contribution >= 0.6 is 35.6 Å². The van der Waals surface area contributed by atoms with Crippen molar-refractivity contribution in [2.45, 2.75) is 38.0 Å². The van der Waals surface area contributed by atoms with E-state index in [0.717, 1.165) is 36.9 Å². The van der Waals surface area contributed by atoms with Crippen LogP contribution in [0.15, 0.2) is 29.3 Å². The highest BCUT2D eigenvalue weighted by atomic mass is 127. The van der Waals surface area contributed by atoms with Gasteiger partial charge in [-0.25, -0.2) is 0 Å². The first kappa shape index (κ1) is 19.8. The summed E-state index contributed by atoms with van der Waals surface area (Å²) in [5.41, 5.74) is 1.55. The van der Waals surface area contributed by atoms with Crippen molar-refractivity contribution in [2.75, 3.05) is 26.2 Å². The third kappa shape index (κ3) is 4.76. The minimum Gasteiger partial charge on any atom is -0.396 e. The van der Waals surface area contributed by atoms with Crippen molar-refractivity contribution < 1.29 is 5.11 Å². The van der Waals surface area contributed by atoms with Crippen LogP contribution < -0.4 is 10.6 Å². The molecule has 0 amide bonds. The van der Waals surface area contributed by atoms with Gasteiger partial charge >= 0.3 is 0 Å². The normalized spacial score (nSPS) is 20.0. The predicted octanol–water partition coefficient (Wildman–Crippen LogP) is 3.32. The quantitative estimate of drug-likeness (QED) is 0.330. The van der Waals surface area contributed by atoms with Crippen molar-refractivity contribution in [2.24, 2.45) is 10.4 Å². The molecule has 0 atom stereocenters. The minimum atomic E-state index is 0. The van der Waals surface area contributed by atoms with Gasteiger partial charge in [0, 0.05) is 28.9 Å². The van der Waals surface area contributed by atoms with Gasteiger partial charge < -0.3 is 15.7 Å². The largest absolute Gasteiger partial charge is 0.396 e. The standard InChI is InChI=1S/C18H26ClN3O.HI/c1-2-20-16(21-11-17(13-23)6-7-17)22-12-18(8-9-18)14-4-3-5-15(19)10-14;/h3-5,10,23H,2,6-9,11-13H2,1H3,(H2,20,21,22);1H. The number of benzene rings is 1. The molecule has 0 heterocycles. The summed E-state index contributed by atoms with van der Waals surface area (Å²) in [7, 11) is 0. The van der Waals surface area contributed by atoms with Crippen LogP contribution in [0.25, 0.3) is 0 Å². The Morgan fingerprint density at radius 3 is 2.54 bits per heavy atom. The first-order valence-corrected chi connectivity index (χ1v) is 8.88. The molecule has 0 saturated heterocycles. The van der Waals surface area contributed by atoms with E-state index in [1.165, 1.54) is 18.4 Å². The molecule has 0 radical (unpaired) electrons. The van der Waals surface area contributed by atoms with Crippen LogP contribution in [-0.2, 0) is 5.41 Å². The summed E-state index contributed by atoms with van der Waals surface area (Å²) >= 11 is 6.13. The third-order valence-corrected chi connectivity index (χ3v) is 5.33.